The number of benzene rings is 2. The summed E-state index contributed by atoms with van der Waals surface area (Å²) < 4.78 is 26.7. The first-order chi connectivity index (χ1) is 15.4. The highest BCUT2D eigenvalue weighted by Crippen LogP contribution is 2.37. The summed E-state index contributed by atoms with van der Waals surface area (Å²) >= 11 is 2.86. The summed E-state index contributed by atoms with van der Waals surface area (Å²) in [5.41, 5.74) is 3.12. The van der Waals surface area contributed by atoms with E-state index in [0.29, 0.717) is 11.3 Å². The molecule has 0 saturated heterocycles. The smallest absolute Gasteiger partial charge is 0.240 e. The highest BCUT2D eigenvalue weighted by atomic mass is 32.2. The van der Waals surface area contributed by atoms with Crippen LogP contribution in [0.5, 0.6) is 0 Å². The zero-order chi connectivity index (χ0) is 22.7. The van der Waals surface area contributed by atoms with Gasteiger partial charge in [-0.2, -0.15) is 0 Å². The van der Waals surface area contributed by atoms with Crippen molar-refractivity contribution in [3.05, 3.63) is 65.8 Å². The van der Waals surface area contributed by atoms with Crippen molar-refractivity contribution in [2.24, 2.45) is 0 Å². The number of nitrogens with one attached hydrogen (secondary N) is 2. The molecule has 0 fully saturated rings. The fraction of sp³-hybridized carbons (Fsp3) is 0.136. The number of fused-ring (bicyclic) bond motifs is 1. The van der Waals surface area contributed by atoms with Crippen molar-refractivity contribution in [1.29, 1.82) is 0 Å². The van der Waals surface area contributed by atoms with Gasteiger partial charge in [-0.25, -0.2) is 23.1 Å². The van der Waals surface area contributed by atoms with Gasteiger partial charge in [-0.15, -0.1) is 11.3 Å². The van der Waals surface area contributed by atoms with Crippen molar-refractivity contribution in [2.75, 3.05) is 18.1 Å². The summed E-state index contributed by atoms with van der Waals surface area (Å²) in [6.07, 6.45) is 1.50. The number of anilines is 1. The van der Waals surface area contributed by atoms with Crippen LogP contribution < -0.4 is 10.0 Å². The standard InChI is InChI=1S/C22H20N4O3S3/c1-14-8-9-16(10-18(14)32(28,29)23-2)26-19(27)12-31-22-20-17(15-6-4-3-5-7-15)11-30-21(20)24-13-25-22/h3-11,13,23H,12H2,1-2H3,(H,26,27). The van der Waals surface area contributed by atoms with E-state index in [0.717, 1.165) is 26.4 Å². The number of hydrogen-bond donors (Lipinski definition) is 2. The molecule has 0 bridgehead atoms. The van der Waals surface area contributed by atoms with Gasteiger partial charge in [0.1, 0.15) is 16.2 Å². The van der Waals surface area contributed by atoms with Crippen molar-refractivity contribution in [3.8, 4) is 11.1 Å². The molecule has 1 amide bonds. The van der Waals surface area contributed by atoms with Crippen LogP contribution in [0.2, 0.25) is 0 Å². The molecule has 2 aromatic carbocycles. The number of carbonyl (C=O) groups excluding carboxylic acids is 1. The number of carbonyl (C=O) groups is 1. The maximum atomic E-state index is 12.6. The van der Waals surface area contributed by atoms with Gasteiger partial charge in [0.25, 0.3) is 0 Å². The zero-order valence-electron chi connectivity index (χ0n) is 17.3. The van der Waals surface area contributed by atoms with E-state index in [-0.39, 0.29) is 16.6 Å². The van der Waals surface area contributed by atoms with Crippen LogP contribution in [-0.2, 0) is 14.8 Å². The minimum absolute atomic E-state index is 0.123. The Labute approximate surface area is 194 Å². The lowest BCUT2D eigenvalue weighted by molar-refractivity contribution is -0.113. The lowest BCUT2D eigenvalue weighted by atomic mass is 10.1. The second-order valence-electron chi connectivity index (χ2n) is 6.90. The molecule has 0 spiro atoms. The second kappa shape index (κ2) is 9.37. The summed E-state index contributed by atoms with van der Waals surface area (Å²) in [5.74, 6) is -0.132. The summed E-state index contributed by atoms with van der Waals surface area (Å²) in [6, 6.07) is 14.8. The molecule has 0 radical (unpaired) electrons. The van der Waals surface area contributed by atoms with Crippen molar-refractivity contribution in [2.45, 2.75) is 16.8 Å². The lowest BCUT2D eigenvalue weighted by Gasteiger charge is -2.10. The largest absolute Gasteiger partial charge is 0.325 e. The number of rotatable bonds is 7. The van der Waals surface area contributed by atoms with Crippen molar-refractivity contribution in [3.63, 3.8) is 0 Å². The normalized spacial score (nSPS) is 11.6. The molecule has 4 rings (SSSR count). The minimum Gasteiger partial charge on any atom is -0.325 e. The molecule has 0 aliphatic carbocycles. The summed E-state index contributed by atoms with van der Waals surface area (Å²) in [5, 5.41) is 6.48. The summed E-state index contributed by atoms with van der Waals surface area (Å²) in [6.45, 7) is 1.71. The van der Waals surface area contributed by atoms with Gasteiger partial charge in [0.15, 0.2) is 0 Å². The molecule has 2 heterocycles. The van der Waals surface area contributed by atoms with Crippen LogP contribution >= 0.6 is 23.1 Å². The third kappa shape index (κ3) is 4.68. The number of nitrogens with zero attached hydrogens (tertiary/aromatic N) is 2. The second-order valence-corrected chi connectivity index (χ2v) is 10.6. The first kappa shape index (κ1) is 22.4. The van der Waals surface area contributed by atoms with E-state index in [1.165, 1.54) is 42.5 Å². The van der Waals surface area contributed by atoms with Crippen LogP contribution in [0, 0.1) is 6.92 Å². The first-order valence-electron chi connectivity index (χ1n) is 9.63. The number of amides is 1. The number of aryl methyl sites for hydroxylation is 1. The first-order valence-corrected chi connectivity index (χ1v) is 13.0. The number of aromatic nitrogens is 2. The van der Waals surface area contributed by atoms with Crippen LogP contribution in [0.1, 0.15) is 5.56 Å². The van der Waals surface area contributed by atoms with Gasteiger partial charge in [0.05, 0.1) is 16.0 Å². The van der Waals surface area contributed by atoms with E-state index in [1.54, 1.807) is 19.1 Å². The summed E-state index contributed by atoms with van der Waals surface area (Å²) in [4.78, 5) is 22.4. The lowest BCUT2D eigenvalue weighted by Crippen LogP contribution is -2.20. The molecule has 0 atom stereocenters. The van der Waals surface area contributed by atoms with Gasteiger partial charge >= 0.3 is 0 Å². The molecule has 2 N–H and O–H groups in total. The Hall–Kier alpha value is -2.79. The Morgan fingerprint density at radius 3 is 2.66 bits per heavy atom. The van der Waals surface area contributed by atoms with Gasteiger partial charge in [-0.1, -0.05) is 48.2 Å². The van der Waals surface area contributed by atoms with Crippen molar-refractivity contribution >= 4 is 54.9 Å². The maximum Gasteiger partial charge on any atom is 0.240 e. The highest BCUT2D eigenvalue weighted by molar-refractivity contribution is 8.00. The van der Waals surface area contributed by atoms with E-state index in [1.807, 2.05) is 30.3 Å². The van der Waals surface area contributed by atoms with Crippen LogP contribution in [0.25, 0.3) is 21.3 Å². The van der Waals surface area contributed by atoms with Crippen LogP contribution in [-0.4, -0.2) is 37.1 Å². The molecule has 0 unspecified atom stereocenters. The van der Waals surface area contributed by atoms with Crippen LogP contribution in [0.3, 0.4) is 0 Å². The molecule has 0 aliphatic heterocycles. The highest BCUT2D eigenvalue weighted by Gasteiger charge is 2.17. The van der Waals surface area contributed by atoms with E-state index >= 15 is 0 Å². The molecular formula is C22H20N4O3S3. The zero-order valence-corrected chi connectivity index (χ0v) is 19.8. The van der Waals surface area contributed by atoms with Gasteiger partial charge in [0, 0.05) is 16.6 Å². The monoisotopic (exact) mass is 484 g/mol. The molecule has 0 saturated carbocycles. The maximum absolute atomic E-state index is 12.6. The molecule has 10 heteroatoms. The fourth-order valence-corrected chi connectivity index (χ4v) is 5.98. The van der Waals surface area contributed by atoms with E-state index in [2.05, 4.69) is 25.4 Å². The predicted molar refractivity (Wildman–Crippen MR) is 130 cm³/mol. The van der Waals surface area contributed by atoms with Crippen molar-refractivity contribution in [1.82, 2.24) is 14.7 Å². The fourth-order valence-electron chi connectivity index (χ4n) is 3.20. The molecule has 32 heavy (non-hydrogen) atoms. The Morgan fingerprint density at radius 1 is 1.12 bits per heavy atom. The van der Waals surface area contributed by atoms with E-state index < -0.39 is 10.0 Å². The number of thiophene rings is 1. The number of sulfonamides is 1. The average molecular weight is 485 g/mol. The third-order valence-corrected chi connectivity index (χ3v) is 8.22. The minimum atomic E-state index is -3.61. The van der Waals surface area contributed by atoms with E-state index in [9.17, 15) is 13.2 Å². The van der Waals surface area contributed by atoms with Crippen LogP contribution in [0.15, 0.2) is 70.2 Å². The molecule has 4 aromatic rings. The van der Waals surface area contributed by atoms with Gasteiger partial charge < -0.3 is 5.32 Å². The quantitative estimate of drug-likeness (QED) is 0.300. The Bertz CT molecular complexity index is 1390. The van der Waals surface area contributed by atoms with Gasteiger partial charge in [0.2, 0.25) is 15.9 Å². The number of hydrogen-bond acceptors (Lipinski definition) is 7. The topological polar surface area (TPSA) is 101 Å². The average Bonchev–Trinajstić information content (AvgIpc) is 3.24. The van der Waals surface area contributed by atoms with Gasteiger partial charge in [-0.05, 0) is 37.2 Å². The van der Waals surface area contributed by atoms with Crippen molar-refractivity contribution < 1.29 is 13.2 Å². The van der Waals surface area contributed by atoms with Crippen LogP contribution in [0.4, 0.5) is 5.69 Å². The third-order valence-electron chi connectivity index (χ3n) is 4.79. The van der Waals surface area contributed by atoms with Gasteiger partial charge in [-0.3, -0.25) is 4.79 Å². The molecular weight excluding hydrogens is 464 g/mol. The Balaban J connectivity index is 1.53. The summed E-state index contributed by atoms with van der Waals surface area (Å²) in [7, 11) is -2.26. The molecule has 164 valence electrons. The predicted octanol–water partition coefficient (Wildman–Crippen LogP) is 4.31. The Kier molecular flexibility index (Phi) is 6.56. The molecule has 7 nitrogen and oxygen atoms in total. The SMILES string of the molecule is CNS(=O)(=O)c1cc(NC(=O)CSc2ncnc3scc(-c4ccccc4)c23)ccc1C. The molecule has 2 aromatic heterocycles. The Morgan fingerprint density at radius 2 is 1.91 bits per heavy atom. The molecule has 0 aliphatic rings. The van der Waals surface area contributed by atoms with E-state index in [4.69, 9.17) is 0 Å². The number of thioether (sulfide) groups is 1.